The Bertz CT molecular complexity index is 574. The van der Waals surface area contributed by atoms with E-state index in [2.05, 4.69) is 36.9 Å². The van der Waals surface area contributed by atoms with Crippen LogP contribution >= 0.6 is 0 Å². The van der Waals surface area contributed by atoms with Crippen molar-refractivity contribution in [2.24, 2.45) is 5.92 Å². The van der Waals surface area contributed by atoms with Crippen molar-refractivity contribution in [1.82, 2.24) is 4.90 Å². The summed E-state index contributed by atoms with van der Waals surface area (Å²) in [6.07, 6.45) is 1.99. The molecule has 0 aromatic heterocycles. The lowest BCUT2D eigenvalue weighted by Crippen LogP contribution is -2.50. The Morgan fingerprint density at radius 2 is 2.00 bits per heavy atom. The second kappa shape index (κ2) is 7.24. The van der Waals surface area contributed by atoms with Gasteiger partial charge in [0.05, 0.1) is 6.61 Å². The molecule has 2 saturated heterocycles. The molecule has 0 amide bonds. The van der Waals surface area contributed by atoms with E-state index in [-0.39, 0.29) is 17.4 Å². The van der Waals surface area contributed by atoms with Gasteiger partial charge in [0.1, 0.15) is 6.04 Å². The van der Waals surface area contributed by atoms with Crippen molar-refractivity contribution < 1.29 is 14.3 Å². The molecule has 1 aromatic rings. The fraction of sp³-hybridized carbons (Fsp3) is 0.650. The second-order valence-corrected chi connectivity index (χ2v) is 7.47. The molecule has 4 heteroatoms. The van der Waals surface area contributed by atoms with Crippen LogP contribution in [0, 0.1) is 5.92 Å². The summed E-state index contributed by atoms with van der Waals surface area (Å²) < 4.78 is 11.0. The van der Waals surface area contributed by atoms with Gasteiger partial charge < -0.3 is 9.47 Å². The van der Waals surface area contributed by atoms with Crippen molar-refractivity contribution in [1.29, 1.82) is 0 Å². The van der Waals surface area contributed by atoms with Gasteiger partial charge in [-0.1, -0.05) is 38.1 Å². The molecule has 132 valence electrons. The predicted octanol–water partition coefficient (Wildman–Crippen LogP) is 3.31. The van der Waals surface area contributed by atoms with Crippen molar-refractivity contribution >= 4 is 5.97 Å². The molecule has 1 atom stereocenters. The highest BCUT2D eigenvalue weighted by Gasteiger charge is 2.40. The van der Waals surface area contributed by atoms with Crippen molar-refractivity contribution in [3.05, 3.63) is 35.4 Å². The Morgan fingerprint density at radius 3 is 2.62 bits per heavy atom. The van der Waals surface area contributed by atoms with Crippen LogP contribution in [0.5, 0.6) is 0 Å². The van der Waals surface area contributed by atoms with Crippen LogP contribution in [-0.2, 0) is 19.7 Å². The van der Waals surface area contributed by atoms with E-state index in [1.807, 2.05) is 13.0 Å². The Hall–Kier alpha value is -1.39. The average Bonchev–Trinajstić information content (AvgIpc) is 2.55. The van der Waals surface area contributed by atoms with Gasteiger partial charge in [-0.3, -0.25) is 4.90 Å². The molecule has 2 heterocycles. The number of hydrogen-bond acceptors (Lipinski definition) is 4. The summed E-state index contributed by atoms with van der Waals surface area (Å²) in [6.45, 7) is 10.3. The van der Waals surface area contributed by atoms with E-state index in [1.165, 1.54) is 5.56 Å². The number of carbonyl (C=O) groups is 1. The van der Waals surface area contributed by atoms with Gasteiger partial charge in [-0.2, -0.15) is 0 Å². The molecular weight excluding hydrogens is 302 g/mol. The lowest BCUT2D eigenvalue weighted by molar-refractivity contribution is -0.152. The first-order valence-corrected chi connectivity index (χ1v) is 9.13. The van der Waals surface area contributed by atoms with Crippen LogP contribution in [0.2, 0.25) is 0 Å². The summed E-state index contributed by atoms with van der Waals surface area (Å²) in [7, 11) is 0. The zero-order valence-electron chi connectivity index (χ0n) is 15.1. The highest BCUT2D eigenvalue weighted by molar-refractivity contribution is 5.78. The van der Waals surface area contributed by atoms with E-state index in [9.17, 15) is 4.79 Å². The van der Waals surface area contributed by atoms with E-state index in [0.717, 1.165) is 44.7 Å². The van der Waals surface area contributed by atoms with Gasteiger partial charge in [0.2, 0.25) is 0 Å². The number of ether oxygens (including phenoxy) is 2. The molecule has 0 spiro atoms. The Kier molecular flexibility index (Phi) is 5.26. The molecule has 2 aliphatic heterocycles. The fourth-order valence-electron chi connectivity index (χ4n) is 4.03. The maximum atomic E-state index is 12.7. The number of rotatable bonds is 5. The number of carbonyl (C=O) groups excluding carboxylic acids is 1. The molecule has 1 aromatic carbocycles. The van der Waals surface area contributed by atoms with Crippen LogP contribution in [0.4, 0.5) is 0 Å². The third-order valence-electron chi connectivity index (χ3n) is 5.47. The highest BCUT2D eigenvalue weighted by atomic mass is 16.5. The van der Waals surface area contributed by atoms with Crippen LogP contribution in [0.3, 0.4) is 0 Å². The van der Waals surface area contributed by atoms with E-state index >= 15 is 0 Å². The lowest BCUT2D eigenvalue weighted by Gasteiger charge is -2.44. The first-order valence-electron chi connectivity index (χ1n) is 9.13. The summed E-state index contributed by atoms with van der Waals surface area (Å²) in [5, 5.41) is 0. The van der Waals surface area contributed by atoms with Gasteiger partial charge in [-0.05, 0) is 42.2 Å². The van der Waals surface area contributed by atoms with Crippen molar-refractivity contribution in [2.45, 2.75) is 45.1 Å². The van der Waals surface area contributed by atoms with Gasteiger partial charge >= 0.3 is 5.97 Å². The topological polar surface area (TPSA) is 38.8 Å². The molecule has 0 radical (unpaired) electrons. The standard InChI is InChI=1S/C20H29NO3/c1-4-24-19(22)18(21-13-15(2)14-21)16-7-5-6-8-17(16)20(3)9-11-23-12-10-20/h5-8,15,18H,4,9-14H2,1-3H3. The maximum Gasteiger partial charge on any atom is 0.328 e. The molecule has 24 heavy (non-hydrogen) atoms. The van der Waals surface area contributed by atoms with Crippen LogP contribution in [0.15, 0.2) is 24.3 Å². The lowest BCUT2D eigenvalue weighted by atomic mass is 9.73. The number of hydrogen-bond donors (Lipinski definition) is 0. The molecule has 0 N–H and O–H groups in total. The van der Waals surface area contributed by atoms with Crippen LogP contribution < -0.4 is 0 Å². The molecule has 0 saturated carbocycles. The Morgan fingerprint density at radius 1 is 1.33 bits per heavy atom. The van der Waals surface area contributed by atoms with Crippen molar-refractivity contribution in [3.63, 3.8) is 0 Å². The minimum atomic E-state index is -0.281. The number of benzene rings is 1. The zero-order valence-corrected chi connectivity index (χ0v) is 15.1. The SMILES string of the molecule is CCOC(=O)C(c1ccccc1C1(C)CCOCC1)N1CC(C)C1. The normalized spacial score (nSPS) is 22.6. The van der Waals surface area contributed by atoms with E-state index in [0.29, 0.717) is 12.5 Å². The van der Waals surface area contributed by atoms with E-state index in [1.54, 1.807) is 0 Å². The molecular formula is C20H29NO3. The fourth-order valence-corrected chi connectivity index (χ4v) is 4.03. The Balaban J connectivity index is 1.97. The first-order chi connectivity index (χ1) is 11.5. The number of esters is 1. The van der Waals surface area contributed by atoms with Gasteiger partial charge in [0.25, 0.3) is 0 Å². The Labute approximate surface area is 145 Å². The monoisotopic (exact) mass is 331 g/mol. The van der Waals surface area contributed by atoms with Crippen molar-refractivity contribution in [3.8, 4) is 0 Å². The highest BCUT2D eigenvalue weighted by Crippen LogP contribution is 2.41. The van der Waals surface area contributed by atoms with Crippen LogP contribution in [0.1, 0.15) is 50.8 Å². The molecule has 4 nitrogen and oxygen atoms in total. The summed E-state index contributed by atoms with van der Waals surface area (Å²) in [5.74, 6) is 0.528. The quantitative estimate of drug-likeness (QED) is 0.776. The smallest absolute Gasteiger partial charge is 0.328 e. The minimum Gasteiger partial charge on any atom is -0.465 e. The van der Waals surface area contributed by atoms with E-state index in [4.69, 9.17) is 9.47 Å². The van der Waals surface area contributed by atoms with Gasteiger partial charge in [-0.25, -0.2) is 4.79 Å². The molecule has 0 bridgehead atoms. The molecule has 1 unspecified atom stereocenters. The van der Waals surface area contributed by atoms with Gasteiger partial charge in [0.15, 0.2) is 0 Å². The summed E-state index contributed by atoms with van der Waals surface area (Å²) >= 11 is 0. The largest absolute Gasteiger partial charge is 0.465 e. The second-order valence-electron chi connectivity index (χ2n) is 7.47. The number of likely N-dealkylation sites (tertiary alicyclic amines) is 1. The summed E-state index contributed by atoms with van der Waals surface area (Å²) in [5.41, 5.74) is 2.47. The van der Waals surface area contributed by atoms with Gasteiger partial charge in [-0.15, -0.1) is 0 Å². The van der Waals surface area contributed by atoms with Crippen LogP contribution in [-0.4, -0.2) is 43.8 Å². The van der Waals surface area contributed by atoms with E-state index < -0.39 is 0 Å². The van der Waals surface area contributed by atoms with Crippen molar-refractivity contribution in [2.75, 3.05) is 32.9 Å². The zero-order chi connectivity index (χ0) is 17.2. The number of nitrogens with zero attached hydrogens (tertiary/aromatic N) is 1. The van der Waals surface area contributed by atoms with Crippen LogP contribution in [0.25, 0.3) is 0 Å². The predicted molar refractivity (Wildman–Crippen MR) is 94.0 cm³/mol. The third-order valence-corrected chi connectivity index (χ3v) is 5.47. The molecule has 2 aliphatic rings. The average molecular weight is 331 g/mol. The summed E-state index contributed by atoms with van der Waals surface area (Å²) in [6, 6.07) is 8.14. The third kappa shape index (κ3) is 3.35. The first kappa shape index (κ1) is 17.4. The molecule has 2 fully saturated rings. The molecule has 0 aliphatic carbocycles. The van der Waals surface area contributed by atoms with Gasteiger partial charge in [0, 0.05) is 26.3 Å². The maximum absolute atomic E-state index is 12.7. The minimum absolute atomic E-state index is 0.0655. The summed E-state index contributed by atoms with van der Waals surface area (Å²) in [4.78, 5) is 15.0. The molecule has 3 rings (SSSR count).